The Bertz CT molecular complexity index is 531. The van der Waals surface area contributed by atoms with Crippen molar-refractivity contribution in [2.45, 2.75) is 52.7 Å². The molecule has 6 nitrogen and oxygen atoms in total. The van der Waals surface area contributed by atoms with Gasteiger partial charge in [0.25, 0.3) is 5.91 Å². The van der Waals surface area contributed by atoms with E-state index in [2.05, 4.69) is 15.6 Å². The largest absolute Gasteiger partial charge is 0.444 e. The fourth-order valence-corrected chi connectivity index (χ4v) is 1.63. The van der Waals surface area contributed by atoms with E-state index >= 15 is 0 Å². The minimum absolute atomic E-state index is 0.233. The van der Waals surface area contributed by atoms with Crippen molar-refractivity contribution in [2.75, 3.05) is 6.54 Å². The number of rotatable bonds is 4. The summed E-state index contributed by atoms with van der Waals surface area (Å²) < 4.78 is 5.16. The Morgan fingerprint density at radius 3 is 2.32 bits per heavy atom. The van der Waals surface area contributed by atoms with Crippen molar-refractivity contribution in [1.29, 1.82) is 0 Å². The quantitative estimate of drug-likeness (QED) is 0.895. The van der Waals surface area contributed by atoms with Gasteiger partial charge in [-0.1, -0.05) is 0 Å². The minimum Gasteiger partial charge on any atom is -0.444 e. The van der Waals surface area contributed by atoms with Gasteiger partial charge < -0.3 is 15.4 Å². The van der Waals surface area contributed by atoms with Crippen LogP contribution >= 0.6 is 0 Å². The van der Waals surface area contributed by atoms with Gasteiger partial charge in [-0.2, -0.15) is 0 Å². The number of hydrogen-bond acceptors (Lipinski definition) is 4. The first-order valence-corrected chi connectivity index (χ1v) is 7.20. The van der Waals surface area contributed by atoms with E-state index in [0.29, 0.717) is 5.56 Å². The molecule has 2 amide bonds. The molecule has 1 aromatic heterocycles. The van der Waals surface area contributed by atoms with E-state index in [1.165, 1.54) is 6.20 Å². The Balaban J connectivity index is 2.54. The normalized spacial score (nSPS) is 11.7. The average Bonchev–Trinajstić information content (AvgIpc) is 2.35. The van der Waals surface area contributed by atoms with Gasteiger partial charge in [-0.3, -0.25) is 9.78 Å². The zero-order valence-corrected chi connectivity index (χ0v) is 14.1. The Hall–Kier alpha value is -2.11. The van der Waals surface area contributed by atoms with Crippen LogP contribution in [0.5, 0.6) is 0 Å². The number of amides is 2. The molecule has 1 rings (SSSR count). The third kappa shape index (κ3) is 6.56. The van der Waals surface area contributed by atoms with Crippen LogP contribution in [0, 0.1) is 6.92 Å². The first-order chi connectivity index (χ1) is 9.98. The van der Waals surface area contributed by atoms with Crippen molar-refractivity contribution >= 4 is 12.0 Å². The molecule has 2 N–H and O–H groups in total. The molecule has 1 heterocycles. The second-order valence-corrected chi connectivity index (χ2v) is 6.88. The molecular weight excluding hydrogens is 282 g/mol. The maximum atomic E-state index is 12.2. The number of aryl methyl sites for hydroxylation is 1. The maximum absolute atomic E-state index is 12.2. The molecule has 0 bridgehead atoms. The zero-order valence-electron chi connectivity index (χ0n) is 14.1. The molecule has 0 aliphatic carbocycles. The number of pyridine rings is 1. The predicted molar refractivity (Wildman–Crippen MR) is 84.8 cm³/mol. The number of nitrogens with zero attached hydrogens (tertiary/aromatic N) is 1. The first kappa shape index (κ1) is 17.9. The number of carbonyl (C=O) groups is 2. The van der Waals surface area contributed by atoms with Crippen molar-refractivity contribution in [1.82, 2.24) is 15.6 Å². The van der Waals surface area contributed by atoms with Gasteiger partial charge in [0.05, 0.1) is 11.1 Å². The number of aromatic nitrogens is 1. The highest BCUT2D eigenvalue weighted by atomic mass is 16.6. The van der Waals surface area contributed by atoms with E-state index in [1.54, 1.807) is 32.9 Å². The van der Waals surface area contributed by atoms with Crippen LogP contribution in [0.2, 0.25) is 0 Å². The third-order valence-corrected chi connectivity index (χ3v) is 2.70. The van der Waals surface area contributed by atoms with E-state index in [1.807, 2.05) is 20.8 Å². The first-order valence-electron chi connectivity index (χ1n) is 7.20. The summed E-state index contributed by atoms with van der Waals surface area (Å²) in [6, 6.07) is 3.50. The van der Waals surface area contributed by atoms with Crippen LogP contribution in [-0.4, -0.2) is 34.7 Å². The molecule has 0 aliphatic rings. The summed E-state index contributed by atoms with van der Waals surface area (Å²) in [5.41, 5.74) is 0.169. The van der Waals surface area contributed by atoms with Gasteiger partial charge in [0.2, 0.25) is 0 Å². The Kier molecular flexibility index (Phi) is 5.52. The van der Waals surface area contributed by atoms with Crippen LogP contribution < -0.4 is 10.6 Å². The van der Waals surface area contributed by atoms with E-state index in [0.717, 1.165) is 5.69 Å². The highest BCUT2D eigenvalue weighted by molar-refractivity contribution is 5.94. The highest BCUT2D eigenvalue weighted by Gasteiger charge is 2.24. The molecule has 0 unspecified atom stereocenters. The summed E-state index contributed by atoms with van der Waals surface area (Å²) in [5.74, 6) is -0.233. The van der Waals surface area contributed by atoms with Crippen LogP contribution in [0.4, 0.5) is 4.79 Å². The SMILES string of the molecule is Cc1ccc(C(=O)NC(C)(C)CNC(=O)OC(C)(C)C)cn1. The number of hydrogen-bond donors (Lipinski definition) is 2. The van der Waals surface area contributed by atoms with Gasteiger partial charge >= 0.3 is 6.09 Å². The van der Waals surface area contributed by atoms with Crippen molar-refractivity contribution in [2.24, 2.45) is 0 Å². The summed E-state index contributed by atoms with van der Waals surface area (Å²) in [7, 11) is 0. The lowest BCUT2D eigenvalue weighted by Gasteiger charge is -2.27. The summed E-state index contributed by atoms with van der Waals surface area (Å²) in [5, 5.41) is 5.51. The Morgan fingerprint density at radius 1 is 1.18 bits per heavy atom. The molecule has 0 saturated heterocycles. The van der Waals surface area contributed by atoms with Gasteiger partial charge in [-0.25, -0.2) is 4.79 Å². The van der Waals surface area contributed by atoms with Gasteiger partial charge in [-0.05, 0) is 53.7 Å². The van der Waals surface area contributed by atoms with Crippen LogP contribution in [0.1, 0.15) is 50.7 Å². The molecule has 122 valence electrons. The molecule has 0 spiro atoms. The smallest absolute Gasteiger partial charge is 0.407 e. The second-order valence-electron chi connectivity index (χ2n) is 6.88. The zero-order chi connectivity index (χ0) is 17.0. The van der Waals surface area contributed by atoms with Crippen molar-refractivity contribution in [3.63, 3.8) is 0 Å². The van der Waals surface area contributed by atoms with Crippen LogP contribution in [-0.2, 0) is 4.74 Å². The van der Waals surface area contributed by atoms with Crippen molar-refractivity contribution < 1.29 is 14.3 Å². The molecule has 22 heavy (non-hydrogen) atoms. The summed E-state index contributed by atoms with van der Waals surface area (Å²) in [6.07, 6.45) is 1.02. The fourth-order valence-electron chi connectivity index (χ4n) is 1.63. The third-order valence-electron chi connectivity index (χ3n) is 2.70. The average molecular weight is 307 g/mol. The highest BCUT2D eigenvalue weighted by Crippen LogP contribution is 2.08. The Labute approximate surface area is 131 Å². The van der Waals surface area contributed by atoms with Gasteiger partial charge in [0.15, 0.2) is 0 Å². The van der Waals surface area contributed by atoms with Gasteiger partial charge in [0, 0.05) is 18.4 Å². The standard InChI is InChI=1S/C16H25N3O3/c1-11-7-8-12(9-17-11)13(20)19-16(5,6)10-18-14(21)22-15(2,3)4/h7-9H,10H2,1-6H3,(H,18,21)(H,19,20). The second kappa shape index (κ2) is 6.77. The van der Waals surface area contributed by atoms with E-state index < -0.39 is 17.2 Å². The van der Waals surface area contributed by atoms with Crippen molar-refractivity contribution in [3.05, 3.63) is 29.6 Å². The molecule has 0 saturated carbocycles. The van der Waals surface area contributed by atoms with Gasteiger partial charge in [0.1, 0.15) is 5.60 Å². The summed E-state index contributed by atoms with van der Waals surface area (Å²) >= 11 is 0. The molecule has 1 aromatic rings. The van der Waals surface area contributed by atoms with E-state index in [4.69, 9.17) is 4.74 Å². The molecule has 0 fully saturated rings. The topological polar surface area (TPSA) is 80.3 Å². The molecule has 0 atom stereocenters. The lowest BCUT2D eigenvalue weighted by molar-refractivity contribution is 0.0509. The number of ether oxygens (including phenoxy) is 1. The van der Waals surface area contributed by atoms with Crippen LogP contribution in [0.15, 0.2) is 18.3 Å². The maximum Gasteiger partial charge on any atom is 0.407 e. The van der Waals surface area contributed by atoms with Crippen molar-refractivity contribution in [3.8, 4) is 0 Å². The molecule has 0 aliphatic heterocycles. The predicted octanol–water partition coefficient (Wildman–Crippen LogP) is 2.42. The van der Waals surface area contributed by atoms with Crippen LogP contribution in [0.25, 0.3) is 0 Å². The van der Waals surface area contributed by atoms with E-state index in [-0.39, 0.29) is 12.5 Å². The summed E-state index contributed by atoms with van der Waals surface area (Å²) in [4.78, 5) is 27.9. The number of carbonyl (C=O) groups excluding carboxylic acids is 2. The Morgan fingerprint density at radius 2 is 1.82 bits per heavy atom. The summed E-state index contributed by atoms with van der Waals surface area (Å²) in [6.45, 7) is 11.1. The fraction of sp³-hybridized carbons (Fsp3) is 0.562. The van der Waals surface area contributed by atoms with E-state index in [9.17, 15) is 9.59 Å². The lowest BCUT2D eigenvalue weighted by Crippen LogP contribution is -2.52. The number of nitrogens with one attached hydrogen (secondary N) is 2. The minimum atomic E-state index is -0.612. The van der Waals surface area contributed by atoms with Gasteiger partial charge in [-0.15, -0.1) is 0 Å². The monoisotopic (exact) mass is 307 g/mol. The lowest BCUT2D eigenvalue weighted by atomic mass is 10.1. The molecule has 0 aromatic carbocycles. The van der Waals surface area contributed by atoms with Crippen LogP contribution in [0.3, 0.4) is 0 Å². The number of alkyl carbamates (subject to hydrolysis) is 1. The molecular formula is C16H25N3O3. The molecule has 6 heteroatoms. The molecule has 0 radical (unpaired) electrons.